The molecule has 0 aliphatic carbocycles. The molecule has 200 valence electrons. The fourth-order valence-corrected chi connectivity index (χ4v) is 2.73. The van der Waals surface area contributed by atoms with Gasteiger partial charge >= 0.3 is 0 Å². The van der Waals surface area contributed by atoms with Crippen molar-refractivity contribution in [2.45, 2.75) is 70.4 Å². The predicted octanol–water partition coefficient (Wildman–Crippen LogP) is 0.520. The molecule has 0 aliphatic heterocycles. The van der Waals surface area contributed by atoms with Crippen molar-refractivity contribution < 1.29 is 48.8 Å². The summed E-state index contributed by atoms with van der Waals surface area (Å²) in [5.74, 6) is 0. The lowest BCUT2D eigenvalue weighted by Gasteiger charge is -2.31. The van der Waals surface area contributed by atoms with Gasteiger partial charge in [-0.3, -0.25) is 0 Å². The predicted molar refractivity (Wildman–Crippen MR) is 123 cm³/mol. The summed E-state index contributed by atoms with van der Waals surface area (Å²) in [7, 11) is 0. The lowest BCUT2D eigenvalue weighted by atomic mass is 9.99. The van der Waals surface area contributed by atoms with Crippen LogP contribution in [0.15, 0.2) is 0 Å². The molecule has 0 spiro atoms. The van der Waals surface area contributed by atoms with Gasteiger partial charge < -0.3 is 48.8 Å². The molecule has 0 amide bonds. The van der Waals surface area contributed by atoms with E-state index in [1.807, 2.05) is 20.8 Å². The second-order valence-electron chi connectivity index (χ2n) is 8.81. The molecule has 3 unspecified atom stereocenters. The Morgan fingerprint density at radius 2 is 1.09 bits per heavy atom. The zero-order chi connectivity index (χ0) is 25.0. The van der Waals surface area contributed by atoms with E-state index in [1.54, 1.807) is 0 Å². The van der Waals surface area contributed by atoms with E-state index in [9.17, 15) is 10.2 Å². The molecule has 0 radical (unpaired) electrons. The van der Waals surface area contributed by atoms with Crippen molar-refractivity contribution in [1.29, 1.82) is 0 Å². The van der Waals surface area contributed by atoms with Gasteiger partial charge in [0.2, 0.25) is 0 Å². The molecular formula is C23H48O10. The molecule has 0 aromatic rings. The fourth-order valence-electron chi connectivity index (χ4n) is 2.73. The van der Waals surface area contributed by atoms with E-state index in [1.165, 1.54) is 0 Å². The molecule has 0 rings (SSSR count). The SMILES string of the molecule is CCC(C)(CCOC(C)(C)CCOCC(O)COCCO)OCCOCC(O)COCCO. The maximum absolute atomic E-state index is 9.73. The third kappa shape index (κ3) is 19.6. The van der Waals surface area contributed by atoms with E-state index in [4.69, 9.17) is 38.6 Å². The van der Waals surface area contributed by atoms with Gasteiger partial charge in [0.15, 0.2) is 0 Å². The first-order chi connectivity index (χ1) is 15.7. The minimum atomic E-state index is -0.725. The Labute approximate surface area is 199 Å². The van der Waals surface area contributed by atoms with E-state index in [2.05, 4.69) is 6.92 Å². The minimum Gasteiger partial charge on any atom is -0.394 e. The normalized spacial score (nSPS) is 16.0. The molecule has 10 heteroatoms. The molecule has 33 heavy (non-hydrogen) atoms. The van der Waals surface area contributed by atoms with Gasteiger partial charge in [0, 0.05) is 6.61 Å². The molecule has 0 saturated carbocycles. The maximum Gasteiger partial charge on any atom is 0.101 e. The second kappa shape index (κ2) is 19.9. The Kier molecular flexibility index (Phi) is 19.6. The van der Waals surface area contributed by atoms with Gasteiger partial charge in [-0.1, -0.05) is 6.92 Å². The average molecular weight is 485 g/mol. The van der Waals surface area contributed by atoms with Crippen LogP contribution in [0.4, 0.5) is 0 Å². The van der Waals surface area contributed by atoms with Crippen LogP contribution in [0.5, 0.6) is 0 Å². The first kappa shape index (κ1) is 32.6. The van der Waals surface area contributed by atoms with Crippen molar-refractivity contribution >= 4 is 0 Å². The highest BCUT2D eigenvalue weighted by atomic mass is 16.5. The van der Waals surface area contributed by atoms with Gasteiger partial charge in [-0.25, -0.2) is 0 Å². The summed E-state index contributed by atoms with van der Waals surface area (Å²) in [4.78, 5) is 0. The van der Waals surface area contributed by atoms with Crippen LogP contribution in [0.3, 0.4) is 0 Å². The lowest BCUT2D eigenvalue weighted by Crippen LogP contribution is -2.34. The van der Waals surface area contributed by atoms with Crippen molar-refractivity contribution in [2.24, 2.45) is 0 Å². The summed E-state index contributed by atoms with van der Waals surface area (Å²) in [6.45, 7) is 10.8. The summed E-state index contributed by atoms with van der Waals surface area (Å²) in [5, 5.41) is 36.7. The van der Waals surface area contributed by atoms with E-state index in [0.29, 0.717) is 32.8 Å². The summed E-state index contributed by atoms with van der Waals surface area (Å²) < 4.78 is 33.1. The van der Waals surface area contributed by atoms with Crippen molar-refractivity contribution in [3.63, 3.8) is 0 Å². The Morgan fingerprint density at radius 3 is 1.58 bits per heavy atom. The second-order valence-corrected chi connectivity index (χ2v) is 8.81. The Balaban J connectivity index is 3.96. The van der Waals surface area contributed by atoms with Gasteiger partial charge in [-0.15, -0.1) is 0 Å². The quantitative estimate of drug-likeness (QED) is 0.144. The maximum atomic E-state index is 9.73. The first-order valence-electron chi connectivity index (χ1n) is 11.8. The Bertz CT molecular complexity index is 437. The highest BCUT2D eigenvalue weighted by Gasteiger charge is 2.25. The van der Waals surface area contributed by atoms with Crippen LogP contribution < -0.4 is 0 Å². The molecule has 0 aromatic carbocycles. The van der Waals surface area contributed by atoms with Crippen LogP contribution in [-0.4, -0.2) is 123 Å². The third-order valence-corrected chi connectivity index (χ3v) is 5.11. The number of hydrogen-bond acceptors (Lipinski definition) is 10. The average Bonchev–Trinajstić information content (AvgIpc) is 2.77. The van der Waals surface area contributed by atoms with Crippen LogP contribution in [0.1, 0.15) is 47.0 Å². The number of aliphatic hydroxyl groups is 4. The van der Waals surface area contributed by atoms with Crippen molar-refractivity contribution in [3.8, 4) is 0 Å². The van der Waals surface area contributed by atoms with E-state index in [-0.39, 0.29) is 64.1 Å². The molecular weight excluding hydrogens is 436 g/mol. The summed E-state index contributed by atoms with van der Waals surface area (Å²) in [6, 6.07) is 0. The number of hydrogen-bond donors (Lipinski definition) is 4. The first-order valence-corrected chi connectivity index (χ1v) is 11.8. The molecule has 0 aliphatic rings. The molecule has 10 nitrogen and oxygen atoms in total. The van der Waals surface area contributed by atoms with Crippen molar-refractivity contribution in [3.05, 3.63) is 0 Å². The van der Waals surface area contributed by atoms with Gasteiger partial charge in [0.1, 0.15) is 12.2 Å². The van der Waals surface area contributed by atoms with E-state index >= 15 is 0 Å². The van der Waals surface area contributed by atoms with Crippen LogP contribution in [0, 0.1) is 0 Å². The van der Waals surface area contributed by atoms with Crippen LogP contribution in [-0.2, 0) is 28.4 Å². The van der Waals surface area contributed by atoms with E-state index in [0.717, 1.165) is 12.8 Å². The largest absolute Gasteiger partial charge is 0.394 e. The molecule has 3 atom stereocenters. The lowest BCUT2D eigenvalue weighted by molar-refractivity contribution is -0.104. The molecule has 4 N–H and O–H groups in total. The van der Waals surface area contributed by atoms with Crippen molar-refractivity contribution in [2.75, 3.05) is 79.3 Å². The molecule has 0 heterocycles. The highest BCUT2D eigenvalue weighted by Crippen LogP contribution is 2.22. The van der Waals surface area contributed by atoms with Gasteiger partial charge in [-0.2, -0.15) is 0 Å². The number of aliphatic hydroxyl groups excluding tert-OH is 4. The topological polar surface area (TPSA) is 136 Å². The van der Waals surface area contributed by atoms with Gasteiger partial charge in [-0.05, 0) is 40.0 Å². The number of ether oxygens (including phenoxy) is 6. The smallest absolute Gasteiger partial charge is 0.101 e. The minimum absolute atomic E-state index is 0.0677. The standard InChI is InChI=1S/C23H48O10/c1-5-23(4,33-15-14-31-19-21(27)18-30-13-9-25)7-11-32-22(2,3)6-10-28-16-20(26)17-29-12-8-24/h20-21,24-27H,5-19H2,1-4H3. The van der Waals surface area contributed by atoms with E-state index < -0.39 is 12.2 Å². The summed E-state index contributed by atoms with van der Waals surface area (Å²) >= 11 is 0. The van der Waals surface area contributed by atoms with Crippen LogP contribution >= 0.6 is 0 Å². The Hall–Kier alpha value is -0.400. The third-order valence-electron chi connectivity index (χ3n) is 5.11. The summed E-state index contributed by atoms with van der Waals surface area (Å²) in [6.07, 6.45) is 0.797. The van der Waals surface area contributed by atoms with Crippen molar-refractivity contribution in [1.82, 2.24) is 0 Å². The molecule has 0 saturated heterocycles. The molecule has 0 aromatic heterocycles. The summed E-state index contributed by atoms with van der Waals surface area (Å²) in [5.41, 5.74) is -0.707. The molecule has 0 fully saturated rings. The Morgan fingerprint density at radius 1 is 0.606 bits per heavy atom. The zero-order valence-electron chi connectivity index (χ0n) is 21.0. The van der Waals surface area contributed by atoms with Crippen LogP contribution in [0.25, 0.3) is 0 Å². The monoisotopic (exact) mass is 484 g/mol. The van der Waals surface area contributed by atoms with Gasteiger partial charge in [0.05, 0.1) is 83.9 Å². The van der Waals surface area contributed by atoms with Crippen LogP contribution in [0.2, 0.25) is 0 Å². The molecule has 0 bridgehead atoms. The highest BCUT2D eigenvalue weighted by molar-refractivity contribution is 4.75. The van der Waals surface area contributed by atoms with Gasteiger partial charge in [0.25, 0.3) is 0 Å². The zero-order valence-corrected chi connectivity index (χ0v) is 21.0. The fraction of sp³-hybridized carbons (Fsp3) is 1.00. The number of rotatable bonds is 24.